The number of ether oxygens (including phenoxy) is 1. The van der Waals surface area contributed by atoms with Gasteiger partial charge in [-0.05, 0) is 38.5 Å². The van der Waals surface area contributed by atoms with Crippen molar-refractivity contribution in [3.63, 3.8) is 0 Å². The molecule has 0 aliphatic heterocycles. The van der Waals surface area contributed by atoms with Crippen LogP contribution in [-0.4, -0.2) is 23.1 Å². The Hall–Kier alpha value is -1.06. The summed E-state index contributed by atoms with van der Waals surface area (Å²) in [4.78, 5) is 24.0. The van der Waals surface area contributed by atoms with Crippen molar-refractivity contribution in [3.05, 3.63) is 0 Å². The van der Waals surface area contributed by atoms with E-state index in [1.54, 1.807) is 0 Å². The Labute approximate surface area is 153 Å². The molecule has 0 saturated heterocycles. The number of esters is 1. The molecule has 1 saturated carbocycles. The van der Waals surface area contributed by atoms with E-state index in [9.17, 15) is 14.7 Å². The summed E-state index contributed by atoms with van der Waals surface area (Å²) in [6.07, 6.45) is 14.3. The summed E-state index contributed by atoms with van der Waals surface area (Å²) in [5.41, 5.74) is 0. The van der Waals surface area contributed by atoms with Crippen LogP contribution < -0.4 is 0 Å². The van der Waals surface area contributed by atoms with Crippen LogP contribution in [0.1, 0.15) is 104 Å². The number of hydrogen-bond acceptors (Lipinski definition) is 3. The van der Waals surface area contributed by atoms with E-state index in [-0.39, 0.29) is 12.1 Å². The Bertz CT molecular complexity index is 380. The highest BCUT2D eigenvalue weighted by Crippen LogP contribution is 2.32. The number of carboxylic acids is 1. The van der Waals surface area contributed by atoms with Gasteiger partial charge in [-0.3, -0.25) is 9.59 Å². The molecule has 4 heteroatoms. The number of carboxylic acid groups (broad SMARTS) is 1. The molecule has 0 amide bonds. The maximum Gasteiger partial charge on any atom is 0.310 e. The number of unbranched alkanes of at least 4 members (excludes halogenated alkanes) is 6. The third-order valence-electron chi connectivity index (χ3n) is 5.43. The van der Waals surface area contributed by atoms with Gasteiger partial charge in [0.15, 0.2) is 0 Å². The van der Waals surface area contributed by atoms with Gasteiger partial charge in [-0.1, -0.05) is 65.2 Å². The monoisotopic (exact) mass is 354 g/mol. The number of hydrogen-bond donors (Lipinski definition) is 1. The topological polar surface area (TPSA) is 63.6 Å². The Balaban J connectivity index is 2.51. The van der Waals surface area contributed by atoms with E-state index in [0.29, 0.717) is 12.8 Å². The van der Waals surface area contributed by atoms with Crippen molar-refractivity contribution in [1.29, 1.82) is 0 Å². The second kappa shape index (κ2) is 13.2. The maximum absolute atomic E-state index is 12.6. The fraction of sp³-hybridized carbons (Fsp3) is 0.905. The lowest BCUT2D eigenvalue weighted by atomic mass is 9.79. The summed E-state index contributed by atoms with van der Waals surface area (Å²) in [5, 5.41) is 9.38. The first-order chi connectivity index (χ1) is 12.1. The molecule has 1 rings (SSSR count). The normalized spacial score (nSPS) is 21.7. The van der Waals surface area contributed by atoms with E-state index in [0.717, 1.165) is 51.4 Å². The Morgan fingerprint density at radius 3 is 2.00 bits per heavy atom. The van der Waals surface area contributed by atoms with Crippen LogP contribution in [0, 0.1) is 11.8 Å². The van der Waals surface area contributed by atoms with Gasteiger partial charge < -0.3 is 9.84 Å². The van der Waals surface area contributed by atoms with Crippen LogP contribution in [0.25, 0.3) is 0 Å². The number of carbonyl (C=O) groups excluding carboxylic acids is 1. The van der Waals surface area contributed by atoms with Crippen LogP contribution in [-0.2, 0) is 14.3 Å². The molecule has 0 aromatic carbocycles. The lowest BCUT2D eigenvalue weighted by Crippen LogP contribution is -2.35. The van der Waals surface area contributed by atoms with E-state index in [1.165, 1.54) is 25.7 Å². The van der Waals surface area contributed by atoms with Gasteiger partial charge in [0.2, 0.25) is 0 Å². The fourth-order valence-corrected chi connectivity index (χ4v) is 3.82. The van der Waals surface area contributed by atoms with Crippen molar-refractivity contribution in [2.75, 3.05) is 0 Å². The minimum atomic E-state index is -0.844. The van der Waals surface area contributed by atoms with Gasteiger partial charge >= 0.3 is 11.9 Å². The summed E-state index contributed by atoms with van der Waals surface area (Å²) in [5.74, 6) is -2.10. The first-order valence-electron chi connectivity index (χ1n) is 10.5. The zero-order chi connectivity index (χ0) is 18.5. The second-order valence-corrected chi connectivity index (χ2v) is 7.59. The van der Waals surface area contributed by atoms with Gasteiger partial charge in [0.25, 0.3) is 0 Å². The van der Waals surface area contributed by atoms with E-state index >= 15 is 0 Å². The van der Waals surface area contributed by atoms with E-state index in [1.807, 2.05) is 0 Å². The summed E-state index contributed by atoms with van der Waals surface area (Å²) in [6, 6.07) is 0. The van der Waals surface area contributed by atoms with Crippen molar-refractivity contribution in [2.24, 2.45) is 11.8 Å². The van der Waals surface area contributed by atoms with Crippen LogP contribution in [0.3, 0.4) is 0 Å². The highest BCUT2D eigenvalue weighted by molar-refractivity contribution is 5.81. The second-order valence-electron chi connectivity index (χ2n) is 7.59. The van der Waals surface area contributed by atoms with Crippen LogP contribution in [0.2, 0.25) is 0 Å². The lowest BCUT2D eigenvalue weighted by molar-refractivity contribution is -0.164. The van der Waals surface area contributed by atoms with Crippen molar-refractivity contribution >= 4 is 11.9 Å². The molecule has 3 atom stereocenters. The molecule has 0 radical (unpaired) electrons. The standard InChI is InChI=1S/C21H38O4/c1-3-5-7-8-10-14-17(13-9-6-4-2)25-21(24)19-16-12-11-15-18(19)20(22)23/h17-19H,3-16H2,1-2H3,(H,22,23). The van der Waals surface area contributed by atoms with Crippen LogP contribution in [0.5, 0.6) is 0 Å². The highest BCUT2D eigenvalue weighted by Gasteiger charge is 2.37. The third-order valence-corrected chi connectivity index (χ3v) is 5.43. The molecule has 0 heterocycles. The van der Waals surface area contributed by atoms with Gasteiger partial charge in [0.1, 0.15) is 6.10 Å². The maximum atomic E-state index is 12.6. The van der Waals surface area contributed by atoms with Crippen LogP contribution in [0.15, 0.2) is 0 Å². The predicted molar refractivity (Wildman–Crippen MR) is 100 cm³/mol. The zero-order valence-electron chi connectivity index (χ0n) is 16.3. The molecule has 0 bridgehead atoms. The molecule has 3 unspecified atom stereocenters. The molecule has 0 spiro atoms. The minimum absolute atomic E-state index is 0.0305. The molecule has 146 valence electrons. The third kappa shape index (κ3) is 8.73. The van der Waals surface area contributed by atoms with Crippen molar-refractivity contribution in [1.82, 2.24) is 0 Å². The van der Waals surface area contributed by atoms with Crippen molar-refractivity contribution in [3.8, 4) is 0 Å². The smallest absolute Gasteiger partial charge is 0.310 e. The summed E-state index contributed by atoms with van der Waals surface area (Å²) in [6.45, 7) is 4.38. The van der Waals surface area contributed by atoms with E-state index in [2.05, 4.69) is 13.8 Å². The quantitative estimate of drug-likeness (QED) is 0.339. The SMILES string of the molecule is CCCCCCCC(CCCCC)OC(=O)C1CCCCC1C(=O)O. The Morgan fingerprint density at radius 2 is 1.40 bits per heavy atom. The molecular formula is C21H38O4. The first kappa shape index (κ1) is 22.0. The van der Waals surface area contributed by atoms with Gasteiger partial charge in [0, 0.05) is 0 Å². The molecule has 1 N–H and O–H groups in total. The molecule has 4 nitrogen and oxygen atoms in total. The summed E-state index contributed by atoms with van der Waals surface area (Å²) < 4.78 is 5.82. The van der Waals surface area contributed by atoms with Gasteiger partial charge in [0.05, 0.1) is 11.8 Å². The largest absolute Gasteiger partial charge is 0.481 e. The Morgan fingerprint density at radius 1 is 0.880 bits per heavy atom. The average Bonchev–Trinajstić information content (AvgIpc) is 2.61. The van der Waals surface area contributed by atoms with Gasteiger partial charge in [-0.25, -0.2) is 0 Å². The predicted octanol–water partition coefficient (Wildman–Crippen LogP) is 5.73. The average molecular weight is 355 g/mol. The lowest BCUT2D eigenvalue weighted by Gasteiger charge is -2.28. The molecule has 0 aromatic heterocycles. The van der Waals surface area contributed by atoms with Crippen molar-refractivity contribution in [2.45, 2.75) is 110 Å². The number of carbonyl (C=O) groups is 2. The Kier molecular flexibility index (Phi) is 11.6. The zero-order valence-corrected chi connectivity index (χ0v) is 16.3. The molecular weight excluding hydrogens is 316 g/mol. The van der Waals surface area contributed by atoms with E-state index < -0.39 is 17.8 Å². The fourth-order valence-electron chi connectivity index (χ4n) is 3.82. The first-order valence-corrected chi connectivity index (χ1v) is 10.5. The van der Waals surface area contributed by atoms with Gasteiger partial charge in [-0.2, -0.15) is 0 Å². The molecule has 1 fully saturated rings. The van der Waals surface area contributed by atoms with E-state index in [4.69, 9.17) is 4.74 Å². The minimum Gasteiger partial charge on any atom is -0.481 e. The van der Waals surface area contributed by atoms with Crippen LogP contribution >= 0.6 is 0 Å². The van der Waals surface area contributed by atoms with Gasteiger partial charge in [-0.15, -0.1) is 0 Å². The number of rotatable bonds is 13. The number of aliphatic carboxylic acids is 1. The molecule has 1 aliphatic rings. The summed E-state index contributed by atoms with van der Waals surface area (Å²) in [7, 11) is 0. The highest BCUT2D eigenvalue weighted by atomic mass is 16.5. The summed E-state index contributed by atoms with van der Waals surface area (Å²) >= 11 is 0. The molecule has 1 aliphatic carbocycles. The molecule has 25 heavy (non-hydrogen) atoms. The molecule has 0 aromatic rings. The van der Waals surface area contributed by atoms with Crippen LogP contribution in [0.4, 0.5) is 0 Å². The van der Waals surface area contributed by atoms with Crippen molar-refractivity contribution < 1.29 is 19.4 Å².